The maximum absolute atomic E-state index is 12.9. The Morgan fingerprint density at radius 1 is 0.800 bits per heavy atom. The third kappa shape index (κ3) is 2.53. The molecule has 1 aromatic heterocycles. The van der Waals surface area contributed by atoms with Gasteiger partial charge in [-0.1, -0.05) is 23.2 Å². The van der Waals surface area contributed by atoms with Gasteiger partial charge in [-0.2, -0.15) is 0 Å². The second-order valence-corrected chi connectivity index (χ2v) is 4.86. The van der Waals surface area contributed by atoms with Gasteiger partial charge in [0.1, 0.15) is 5.82 Å². The van der Waals surface area contributed by atoms with E-state index < -0.39 is 0 Å². The molecule has 0 bridgehead atoms. The van der Waals surface area contributed by atoms with E-state index >= 15 is 0 Å². The lowest BCUT2D eigenvalue weighted by molar-refractivity contribution is 0.584. The predicted molar refractivity (Wildman–Crippen MR) is 75.1 cm³/mol. The van der Waals surface area contributed by atoms with Gasteiger partial charge in [0.25, 0.3) is 0 Å². The molecule has 0 amide bonds. The third-order valence-electron chi connectivity index (χ3n) is 2.68. The maximum Gasteiger partial charge on any atom is 0.248 e. The molecule has 3 aromatic rings. The molecule has 0 aliphatic carbocycles. The van der Waals surface area contributed by atoms with Crippen molar-refractivity contribution in [3.05, 3.63) is 58.3 Å². The Labute approximate surface area is 124 Å². The largest absolute Gasteiger partial charge is 0.416 e. The van der Waals surface area contributed by atoms with Gasteiger partial charge in [0.05, 0.1) is 10.0 Å². The first-order chi connectivity index (χ1) is 9.63. The van der Waals surface area contributed by atoms with E-state index in [0.717, 1.165) is 0 Å². The SMILES string of the molecule is Fc1ccc(-c2nnc(-c3ccc(Cl)c(Cl)c3)o2)cc1. The summed E-state index contributed by atoms with van der Waals surface area (Å²) in [7, 11) is 0. The molecular formula is C14H7Cl2FN2O. The summed E-state index contributed by atoms with van der Waals surface area (Å²) in [6.45, 7) is 0. The number of aromatic nitrogens is 2. The van der Waals surface area contributed by atoms with Crippen LogP contribution in [0.5, 0.6) is 0 Å². The first-order valence-electron chi connectivity index (χ1n) is 5.68. The van der Waals surface area contributed by atoms with Gasteiger partial charge in [-0.3, -0.25) is 0 Å². The normalized spacial score (nSPS) is 10.8. The van der Waals surface area contributed by atoms with E-state index in [1.807, 2.05) is 0 Å². The molecule has 0 atom stereocenters. The van der Waals surface area contributed by atoms with Crippen LogP contribution in [0.15, 0.2) is 46.9 Å². The van der Waals surface area contributed by atoms with E-state index in [1.54, 1.807) is 30.3 Å². The quantitative estimate of drug-likeness (QED) is 0.679. The topological polar surface area (TPSA) is 38.9 Å². The molecule has 0 radical (unpaired) electrons. The summed E-state index contributed by atoms with van der Waals surface area (Å²) < 4.78 is 18.4. The molecule has 0 N–H and O–H groups in total. The van der Waals surface area contributed by atoms with E-state index in [2.05, 4.69) is 10.2 Å². The Bertz CT molecular complexity index is 756. The lowest BCUT2D eigenvalue weighted by Crippen LogP contribution is -1.78. The van der Waals surface area contributed by atoms with Crippen LogP contribution in [0, 0.1) is 5.82 Å². The first-order valence-corrected chi connectivity index (χ1v) is 6.44. The van der Waals surface area contributed by atoms with Crippen molar-refractivity contribution in [1.82, 2.24) is 10.2 Å². The van der Waals surface area contributed by atoms with Crippen LogP contribution >= 0.6 is 23.2 Å². The van der Waals surface area contributed by atoms with Crippen molar-refractivity contribution in [3.63, 3.8) is 0 Å². The maximum atomic E-state index is 12.9. The van der Waals surface area contributed by atoms with Crippen molar-refractivity contribution in [2.75, 3.05) is 0 Å². The number of halogens is 3. The minimum atomic E-state index is -0.321. The molecule has 0 fully saturated rings. The standard InChI is InChI=1S/C14H7Cl2FN2O/c15-11-6-3-9(7-12(11)16)14-19-18-13(20-14)8-1-4-10(17)5-2-8/h1-7H. The highest BCUT2D eigenvalue weighted by Crippen LogP contribution is 2.29. The Morgan fingerprint density at radius 3 is 2.05 bits per heavy atom. The van der Waals surface area contributed by atoms with Gasteiger partial charge >= 0.3 is 0 Å². The van der Waals surface area contributed by atoms with Crippen molar-refractivity contribution < 1.29 is 8.81 Å². The monoisotopic (exact) mass is 308 g/mol. The fourth-order valence-electron chi connectivity index (χ4n) is 1.68. The van der Waals surface area contributed by atoms with Crippen LogP contribution in [0.3, 0.4) is 0 Å². The summed E-state index contributed by atoms with van der Waals surface area (Å²) in [4.78, 5) is 0. The predicted octanol–water partition coefficient (Wildman–Crippen LogP) is 4.85. The lowest BCUT2D eigenvalue weighted by Gasteiger charge is -1.98. The zero-order valence-electron chi connectivity index (χ0n) is 9.98. The number of hydrogen-bond acceptors (Lipinski definition) is 3. The zero-order chi connectivity index (χ0) is 14.1. The Morgan fingerprint density at radius 2 is 1.40 bits per heavy atom. The highest BCUT2D eigenvalue weighted by molar-refractivity contribution is 6.42. The van der Waals surface area contributed by atoms with Crippen molar-refractivity contribution in [2.45, 2.75) is 0 Å². The van der Waals surface area contributed by atoms with Crippen LogP contribution in [0.1, 0.15) is 0 Å². The fourth-order valence-corrected chi connectivity index (χ4v) is 1.98. The van der Waals surface area contributed by atoms with E-state index in [1.165, 1.54) is 12.1 Å². The Balaban J connectivity index is 1.97. The van der Waals surface area contributed by atoms with E-state index in [9.17, 15) is 4.39 Å². The fraction of sp³-hybridized carbons (Fsp3) is 0. The van der Waals surface area contributed by atoms with Crippen molar-refractivity contribution in [3.8, 4) is 22.9 Å². The van der Waals surface area contributed by atoms with Gasteiger partial charge in [-0.25, -0.2) is 4.39 Å². The van der Waals surface area contributed by atoms with Gasteiger partial charge in [-0.05, 0) is 42.5 Å². The molecule has 2 aromatic carbocycles. The minimum Gasteiger partial charge on any atom is -0.416 e. The van der Waals surface area contributed by atoms with Crippen molar-refractivity contribution in [1.29, 1.82) is 0 Å². The molecule has 0 saturated heterocycles. The molecule has 100 valence electrons. The lowest BCUT2D eigenvalue weighted by atomic mass is 10.2. The number of hydrogen-bond donors (Lipinski definition) is 0. The molecular weight excluding hydrogens is 302 g/mol. The first kappa shape index (κ1) is 13.1. The summed E-state index contributed by atoms with van der Waals surface area (Å²) in [5.41, 5.74) is 1.31. The van der Waals surface area contributed by atoms with Gasteiger partial charge in [0, 0.05) is 11.1 Å². The van der Waals surface area contributed by atoms with Gasteiger partial charge < -0.3 is 4.42 Å². The van der Waals surface area contributed by atoms with Crippen LogP contribution in [-0.4, -0.2) is 10.2 Å². The van der Waals surface area contributed by atoms with Gasteiger partial charge in [0.15, 0.2) is 0 Å². The molecule has 0 saturated carbocycles. The molecule has 0 spiro atoms. The van der Waals surface area contributed by atoms with Crippen LogP contribution < -0.4 is 0 Å². The van der Waals surface area contributed by atoms with Crippen molar-refractivity contribution >= 4 is 23.2 Å². The summed E-state index contributed by atoms with van der Waals surface area (Å²) in [6, 6.07) is 10.8. The van der Waals surface area contributed by atoms with E-state index in [-0.39, 0.29) is 5.82 Å². The zero-order valence-corrected chi connectivity index (χ0v) is 11.5. The molecule has 3 rings (SSSR count). The molecule has 0 unspecified atom stereocenters. The summed E-state index contributed by atoms with van der Waals surface area (Å²) in [5.74, 6) is 0.312. The highest BCUT2D eigenvalue weighted by Gasteiger charge is 2.11. The van der Waals surface area contributed by atoms with Gasteiger partial charge in [-0.15, -0.1) is 10.2 Å². The second-order valence-electron chi connectivity index (χ2n) is 4.05. The van der Waals surface area contributed by atoms with E-state index in [4.69, 9.17) is 27.6 Å². The molecule has 0 aliphatic heterocycles. The second kappa shape index (κ2) is 5.23. The minimum absolute atomic E-state index is 0.311. The van der Waals surface area contributed by atoms with Crippen LogP contribution in [0.4, 0.5) is 4.39 Å². The number of nitrogens with zero attached hydrogens (tertiary/aromatic N) is 2. The summed E-state index contributed by atoms with van der Waals surface area (Å²) in [5, 5.41) is 8.73. The third-order valence-corrected chi connectivity index (χ3v) is 3.42. The average molecular weight is 309 g/mol. The summed E-state index contributed by atoms with van der Waals surface area (Å²) >= 11 is 11.8. The molecule has 0 aliphatic rings. The molecule has 6 heteroatoms. The smallest absolute Gasteiger partial charge is 0.248 e. The highest BCUT2D eigenvalue weighted by atomic mass is 35.5. The van der Waals surface area contributed by atoms with Gasteiger partial charge in [0.2, 0.25) is 11.8 Å². The van der Waals surface area contributed by atoms with Crippen LogP contribution in [0.25, 0.3) is 22.9 Å². The summed E-state index contributed by atoms with van der Waals surface area (Å²) in [6.07, 6.45) is 0. The van der Waals surface area contributed by atoms with Crippen molar-refractivity contribution in [2.24, 2.45) is 0 Å². The molecule has 1 heterocycles. The number of rotatable bonds is 2. The Kier molecular flexibility index (Phi) is 3.42. The number of benzene rings is 2. The van der Waals surface area contributed by atoms with E-state index in [0.29, 0.717) is 33.0 Å². The average Bonchev–Trinajstić information content (AvgIpc) is 2.92. The molecule has 20 heavy (non-hydrogen) atoms. The van der Waals surface area contributed by atoms with Crippen LogP contribution in [-0.2, 0) is 0 Å². The Hall–Kier alpha value is -1.91. The van der Waals surface area contributed by atoms with Crippen LogP contribution in [0.2, 0.25) is 10.0 Å². The molecule has 3 nitrogen and oxygen atoms in total.